The third kappa shape index (κ3) is 9.51. The second-order valence-corrected chi connectivity index (χ2v) is 33.3. The van der Waals surface area contributed by atoms with Crippen LogP contribution in [0.5, 0.6) is 0 Å². The smallest absolute Gasteiger partial charge is 0.399 e. The molecule has 0 spiro atoms. The molecule has 1 saturated heterocycles. The van der Waals surface area contributed by atoms with Gasteiger partial charge in [0, 0.05) is 118 Å². The molecule has 22 rings (SSSR count). The number of allylic oxidation sites excluding steroid dienone is 1. The summed E-state index contributed by atoms with van der Waals surface area (Å²) in [4.78, 5) is 0. The van der Waals surface area contributed by atoms with E-state index in [2.05, 4.69) is 364 Å². The Morgan fingerprint density at radius 1 is 0.333 bits per heavy atom. The number of aromatic nitrogens is 4. The van der Waals surface area contributed by atoms with Crippen LogP contribution in [0.4, 0.5) is 0 Å². The maximum atomic E-state index is 6.97. The molecule has 1 aliphatic carbocycles. The molecule has 1 aliphatic heterocycles. The van der Waals surface area contributed by atoms with E-state index in [1.807, 2.05) is 22.7 Å². The van der Waals surface area contributed by atoms with Crippen LogP contribution in [0.1, 0.15) is 57.0 Å². The van der Waals surface area contributed by atoms with Gasteiger partial charge in [0.15, 0.2) is 0 Å². The van der Waals surface area contributed by atoms with Gasteiger partial charge in [0.05, 0.1) is 49.8 Å². The molecule has 0 amide bonds. The van der Waals surface area contributed by atoms with Gasteiger partial charge < -0.3 is 27.6 Å². The summed E-state index contributed by atoms with van der Waals surface area (Å²) in [5, 5.41) is 13.8. The Morgan fingerprint density at radius 2 is 0.694 bits per heavy atom. The van der Waals surface area contributed by atoms with Gasteiger partial charge in [-0.25, -0.2) is 0 Å². The molecule has 2 aliphatic rings. The average Bonchev–Trinajstić information content (AvgIpc) is 1.56. The number of aryl methyl sites for hydroxylation is 2. The van der Waals surface area contributed by atoms with Crippen molar-refractivity contribution in [2.24, 2.45) is 5.92 Å². The van der Waals surface area contributed by atoms with Crippen LogP contribution >= 0.6 is 22.7 Å². The standard InChI is InChI=1S/C99H73BN4O2S2/c1-58-36-43-93-79(46-58)78-28-14-21-35-92(78)104(93)69-55-83(97-85(57-69)81-53-67(40-45-95(81)108-97)102-88-31-17-10-24-74(88)75-25-11-18-32-89(75)102)71-42-38-62(48-60(71)3)64-49-63(50-65(51-64)100-105-98(4,5)99(6,7)106-100)61-37-41-70(59(2)47-61)82-54-68(103-90-33-19-12-26-76(90)77-27-13-20-34-91(77)103)56-84-80-52-66(39-44-94(80)107-96(82)84)101-86-29-15-8-22-72(86)73-23-9-16-30-87(73)101/h8-45,47-58H,46H2,1-7H3. The van der Waals surface area contributed by atoms with Gasteiger partial charge in [0.2, 0.25) is 0 Å². The molecule has 0 radical (unpaired) electrons. The zero-order valence-corrected chi connectivity index (χ0v) is 62.7. The first-order chi connectivity index (χ1) is 52.7. The minimum Gasteiger partial charge on any atom is -0.399 e. The van der Waals surface area contributed by atoms with Gasteiger partial charge in [0.25, 0.3) is 0 Å². The molecule has 1 unspecified atom stereocenters. The van der Waals surface area contributed by atoms with E-state index >= 15 is 0 Å². The zero-order valence-electron chi connectivity index (χ0n) is 61.1. The first kappa shape index (κ1) is 63.5. The third-order valence-corrected chi connectivity index (χ3v) is 26.6. The molecule has 14 aromatic carbocycles. The van der Waals surface area contributed by atoms with E-state index in [1.165, 1.54) is 161 Å². The molecular formula is C99H73BN4O2S2. The molecule has 0 saturated carbocycles. The molecule has 1 fully saturated rings. The van der Waals surface area contributed by atoms with Crippen molar-refractivity contribution in [1.82, 2.24) is 18.3 Å². The molecule has 516 valence electrons. The minimum atomic E-state index is -0.581. The minimum absolute atomic E-state index is 0.456. The lowest BCUT2D eigenvalue weighted by molar-refractivity contribution is 0.00578. The van der Waals surface area contributed by atoms with E-state index < -0.39 is 18.3 Å². The van der Waals surface area contributed by atoms with Gasteiger partial charge in [-0.1, -0.05) is 189 Å². The van der Waals surface area contributed by atoms with Crippen molar-refractivity contribution < 1.29 is 9.31 Å². The van der Waals surface area contributed by atoms with Gasteiger partial charge in [-0.15, -0.1) is 22.7 Å². The second-order valence-electron chi connectivity index (χ2n) is 31.2. The Morgan fingerprint density at radius 3 is 1.10 bits per heavy atom. The predicted molar refractivity (Wildman–Crippen MR) is 461 cm³/mol. The Bertz CT molecular complexity index is 7130. The van der Waals surface area contributed by atoms with Crippen molar-refractivity contribution in [1.29, 1.82) is 0 Å². The summed E-state index contributed by atoms with van der Waals surface area (Å²) >= 11 is 3.79. The van der Waals surface area contributed by atoms with Crippen molar-refractivity contribution in [3.05, 3.63) is 314 Å². The number of hydrogen-bond acceptors (Lipinski definition) is 4. The van der Waals surface area contributed by atoms with Gasteiger partial charge >= 0.3 is 7.12 Å². The summed E-state index contributed by atoms with van der Waals surface area (Å²) in [6.45, 7) is 15.5. The summed E-state index contributed by atoms with van der Waals surface area (Å²) in [5.74, 6) is 0.456. The first-order valence-corrected chi connectivity index (χ1v) is 39.4. The van der Waals surface area contributed by atoms with Crippen molar-refractivity contribution >= 4 is 158 Å². The summed E-state index contributed by atoms with van der Waals surface area (Å²) in [5.41, 5.74) is 27.3. The van der Waals surface area contributed by atoms with Gasteiger partial charge in [-0.2, -0.15) is 0 Å². The lowest BCUT2D eigenvalue weighted by atomic mass is 9.76. The van der Waals surface area contributed by atoms with Crippen LogP contribution in [0.3, 0.4) is 0 Å². The monoisotopic (exact) mass is 1420 g/mol. The number of fused-ring (bicyclic) bond motifs is 18. The van der Waals surface area contributed by atoms with E-state index in [9.17, 15) is 0 Å². The van der Waals surface area contributed by atoms with Crippen LogP contribution in [0.25, 0.3) is 190 Å². The Labute approximate surface area is 634 Å². The van der Waals surface area contributed by atoms with Crippen LogP contribution in [0.15, 0.2) is 291 Å². The fourth-order valence-corrected chi connectivity index (χ4v) is 20.7. The summed E-state index contributed by atoms with van der Waals surface area (Å²) in [6, 6.07) is 107. The number of para-hydroxylation sites is 7. The molecule has 20 aromatic rings. The Hall–Kier alpha value is -11.8. The molecule has 7 heterocycles. The lowest BCUT2D eigenvalue weighted by Gasteiger charge is -2.32. The predicted octanol–water partition coefficient (Wildman–Crippen LogP) is 26.4. The van der Waals surface area contributed by atoms with Crippen molar-refractivity contribution in [2.45, 2.75) is 66.1 Å². The second kappa shape index (κ2) is 23.6. The van der Waals surface area contributed by atoms with Gasteiger partial charge in [-0.05, 0) is 225 Å². The van der Waals surface area contributed by atoms with Crippen molar-refractivity contribution in [3.63, 3.8) is 0 Å². The topological polar surface area (TPSA) is 38.2 Å². The highest BCUT2D eigenvalue weighted by molar-refractivity contribution is 7.26. The number of nitrogens with zero attached hydrogens (tertiary/aromatic N) is 4. The fourth-order valence-electron chi connectivity index (χ4n) is 18.3. The molecule has 108 heavy (non-hydrogen) atoms. The van der Waals surface area contributed by atoms with E-state index in [0.717, 1.165) is 56.9 Å². The number of hydrogen-bond donors (Lipinski definition) is 0. The zero-order chi connectivity index (χ0) is 72.2. The Kier molecular flexibility index (Phi) is 13.9. The van der Waals surface area contributed by atoms with Gasteiger partial charge in [-0.3, -0.25) is 0 Å². The Balaban J connectivity index is 0.702. The highest BCUT2D eigenvalue weighted by Gasteiger charge is 2.52. The highest BCUT2D eigenvalue weighted by atomic mass is 32.1. The van der Waals surface area contributed by atoms with E-state index in [0.29, 0.717) is 5.92 Å². The molecule has 6 nitrogen and oxygen atoms in total. The highest BCUT2D eigenvalue weighted by Crippen LogP contribution is 2.50. The van der Waals surface area contributed by atoms with E-state index in [1.54, 1.807) is 0 Å². The van der Waals surface area contributed by atoms with Crippen LogP contribution in [0, 0.1) is 19.8 Å². The normalized spacial score (nSPS) is 15.1. The summed E-state index contributed by atoms with van der Waals surface area (Å²) in [6.07, 6.45) is 5.77. The van der Waals surface area contributed by atoms with Crippen LogP contribution in [0.2, 0.25) is 0 Å². The van der Waals surface area contributed by atoms with Crippen molar-refractivity contribution in [3.8, 4) is 67.3 Å². The molecule has 6 aromatic heterocycles. The van der Waals surface area contributed by atoms with Crippen molar-refractivity contribution in [2.75, 3.05) is 0 Å². The van der Waals surface area contributed by atoms with Gasteiger partial charge in [0.1, 0.15) is 0 Å². The SMILES string of the molecule is Cc1cc(-c2cc(B3OC(C)(C)C(C)(C)O3)cc(-c3ccc(-c4cc(-n5c6ccccc6c6ccccc65)cc5c4sc4ccc(-n6c7ccccc7c7ccccc76)cc45)c(C)c3)c2)ccc1-c1cc(-n2c3c(c4ccccc42)CC(C)C=C3)cc2c1sc1ccc(-n3c4ccccc4c4ccccc43)cc12. The third-order valence-electron chi connectivity index (χ3n) is 24.2. The van der Waals surface area contributed by atoms with E-state index in [4.69, 9.17) is 9.31 Å². The fraction of sp³-hybridized carbons (Fsp3) is 0.111. The molecular weight excluding hydrogens is 1350 g/mol. The molecule has 0 bridgehead atoms. The first-order valence-electron chi connectivity index (χ1n) is 37.7. The quantitative estimate of drug-likeness (QED) is 0.135. The lowest BCUT2D eigenvalue weighted by Crippen LogP contribution is -2.41. The number of thiophene rings is 2. The van der Waals surface area contributed by atoms with Crippen LogP contribution in [-0.2, 0) is 15.7 Å². The molecule has 0 N–H and O–H groups in total. The summed E-state index contributed by atoms with van der Waals surface area (Å²) in [7, 11) is -0.581. The number of benzene rings is 14. The average molecular weight is 1430 g/mol. The van der Waals surface area contributed by atoms with Crippen LogP contribution < -0.4 is 5.46 Å². The maximum Gasteiger partial charge on any atom is 0.494 e. The summed E-state index contributed by atoms with van der Waals surface area (Å²) < 4.78 is 28.9. The largest absolute Gasteiger partial charge is 0.494 e. The molecule has 9 heteroatoms. The molecule has 1 atom stereocenters. The number of rotatable bonds is 9. The van der Waals surface area contributed by atoms with E-state index in [-0.39, 0.29) is 0 Å². The van der Waals surface area contributed by atoms with Crippen LogP contribution in [-0.4, -0.2) is 36.6 Å². The maximum absolute atomic E-state index is 6.97.